The third-order valence-electron chi connectivity index (χ3n) is 3.21. The van der Waals surface area contributed by atoms with Crippen LogP contribution in [0.15, 0.2) is 17.6 Å². The Balaban J connectivity index is 3.00. The largest absolute Gasteiger partial charge is 0.336 e. The lowest BCUT2D eigenvalue weighted by Gasteiger charge is -2.29. The second-order valence-electron chi connectivity index (χ2n) is 4.27. The first-order chi connectivity index (χ1) is 8.43. The standard InChI is InChI=1S/C11H20BrN3O2S/c1-4-11(5-2,8-12)14-18(16,17)10-7-15(6-3)9-13-10/h7,9,14H,4-6,8H2,1-3H3. The van der Waals surface area contributed by atoms with Crippen LogP contribution in [-0.2, 0) is 16.6 Å². The van der Waals surface area contributed by atoms with Crippen LogP contribution in [0.3, 0.4) is 0 Å². The summed E-state index contributed by atoms with van der Waals surface area (Å²) in [4.78, 5) is 3.94. The van der Waals surface area contributed by atoms with Crippen LogP contribution in [0.4, 0.5) is 0 Å². The van der Waals surface area contributed by atoms with Gasteiger partial charge < -0.3 is 4.57 Å². The van der Waals surface area contributed by atoms with Gasteiger partial charge >= 0.3 is 0 Å². The van der Waals surface area contributed by atoms with E-state index in [0.29, 0.717) is 11.9 Å². The Morgan fingerprint density at radius 1 is 1.39 bits per heavy atom. The highest BCUT2D eigenvalue weighted by Gasteiger charge is 2.32. The van der Waals surface area contributed by atoms with Crippen LogP contribution < -0.4 is 4.72 Å². The van der Waals surface area contributed by atoms with Crippen molar-refractivity contribution in [2.45, 2.75) is 50.7 Å². The van der Waals surface area contributed by atoms with Crippen LogP contribution >= 0.6 is 15.9 Å². The summed E-state index contributed by atoms with van der Waals surface area (Å²) in [5, 5.41) is 0.664. The molecule has 0 radical (unpaired) electrons. The number of alkyl halides is 1. The quantitative estimate of drug-likeness (QED) is 0.775. The summed E-state index contributed by atoms with van der Waals surface area (Å²) in [7, 11) is -3.56. The summed E-state index contributed by atoms with van der Waals surface area (Å²) in [6.45, 7) is 6.58. The van der Waals surface area contributed by atoms with Crippen LogP contribution in [0.1, 0.15) is 33.6 Å². The minimum Gasteiger partial charge on any atom is -0.336 e. The molecule has 0 fully saturated rings. The molecule has 0 spiro atoms. The van der Waals surface area contributed by atoms with E-state index in [1.165, 1.54) is 6.33 Å². The first kappa shape index (κ1) is 15.7. The predicted octanol–water partition coefficient (Wildman–Crippen LogP) is 2.13. The SMILES string of the molecule is CCn1cnc(S(=O)(=O)NC(CC)(CC)CBr)c1. The van der Waals surface area contributed by atoms with Gasteiger partial charge in [0.2, 0.25) is 0 Å². The molecule has 0 aliphatic rings. The van der Waals surface area contributed by atoms with Crippen molar-refractivity contribution in [3.8, 4) is 0 Å². The van der Waals surface area contributed by atoms with Crippen LogP contribution in [0, 0.1) is 0 Å². The van der Waals surface area contributed by atoms with E-state index in [1.54, 1.807) is 10.8 Å². The molecule has 0 bridgehead atoms. The van der Waals surface area contributed by atoms with E-state index in [1.807, 2.05) is 20.8 Å². The first-order valence-electron chi connectivity index (χ1n) is 6.04. The lowest BCUT2D eigenvalue weighted by atomic mass is 9.97. The van der Waals surface area contributed by atoms with Gasteiger partial charge in [-0.05, 0) is 19.8 Å². The molecule has 0 aromatic carbocycles. The minimum atomic E-state index is -3.56. The van der Waals surface area contributed by atoms with Gasteiger partial charge in [-0.15, -0.1) is 0 Å². The Bertz CT molecular complexity index is 472. The number of hydrogen-bond acceptors (Lipinski definition) is 3. The van der Waals surface area contributed by atoms with Crippen LogP contribution in [0.25, 0.3) is 0 Å². The van der Waals surface area contributed by atoms with E-state index in [0.717, 1.165) is 12.8 Å². The second kappa shape index (κ2) is 6.16. The number of hydrogen-bond donors (Lipinski definition) is 1. The molecule has 0 aliphatic heterocycles. The maximum Gasteiger partial charge on any atom is 0.260 e. The Kier molecular flexibility index (Phi) is 5.36. The number of nitrogens with one attached hydrogen (secondary N) is 1. The molecular formula is C11H20BrN3O2S. The molecule has 1 N–H and O–H groups in total. The van der Waals surface area contributed by atoms with Crippen molar-refractivity contribution in [1.82, 2.24) is 14.3 Å². The van der Waals surface area contributed by atoms with Crippen molar-refractivity contribution in [3.05, 3.63) is 12.5 Å². The van der Waals surface area contributed by atoms with E-state index in [-0.39, 0.29) is 5.03 Å². The minimum absolute atomic E-state index is 0.0802. The van der Waals surface area contributed by atoms with Gasteiger partial charge in [-0.1, -0.05) is 29.8 Å². The molecule has 0 saturated carbocycles. The normalized spacial score (nSPS) is 12.9. The van der Waals surface area contributed by atoms with Crippen molar-refractivity contribution in [2.75, 3.05) is 5.33 Å². The molecule has 0 amide bonds. The van der Waals surface area contributed by atoms with E-state index in [2.05, 4.69) is 25.6 Å². The summed E-state index contributed by atoms with van der Waals surface area (Å²) < 4.78 is 29.0. The first-order valence-corrected chi connectivity index (χ1v) is 8.65. The number of sulfonamides is 1. The number of nitrogens with zero attached hydrogens (tertiary/aromatic N) is 2. The van der Waals surface area contributed by atoms with E-state index in [9.17, 15) is 8.42 Å². The molecule has 1 aromatic rings. The zero-order valence-electron chi connectivity index (χ0n) is 11.0. The molecule has 0 saturated heterocycles. The Hall–Kier alpha value is -0.400. The average Bonchev–Trinajstić information content (AvgIpc) is 2.85. The molecule has 18 heavy (non-hydrogen) atoms. The topological polar surface area (TPSA) is 64.0 Å². The van der Waals surface area contributed by atoms with Crippen LogP contribution in [-0.4, -0.2) is 28.8 Å². The number of halogens is 1. The van der Waals surface area contributed by atoms with Gasteiger partial charge in [-0.3, -0.25) is 0 Å². The lowest BCUT2D eigenvalue weighted by molar-refractivity contribution is 0.398. The van der Waals surface area contributed by atoms with Gasteiger partial charge in [0.05, 0.1) is 6.33 Å². The molecule has 7 heteroatoms. The summed E-state index contributed by atoms with van der Waals surface area (Å²) >= 11 is 3.38. The highest BCUT2D eigenvalue weighted by atomic mass is 79.9. The van der Waals surface area contributed by atoms with E-state index >= 15 is 0 Å². The Labute approximate surface area is 117 Å². The smallest absolute Gasteiger partial charge is 0.260 e. The number of aromatic nitrogens is 2. The van der Waals surface area contributed by atoms with Gasteiger partial charge in [0.1, 0.15) is 0 Å². The summed E-state index contributed by atoms with van der Waals surface area (Å²) in [6, 6.07) is 0. The summed E-state index contributed by atoms with van der Waals surface area (Å²) in [5.41, 5.74) is -0.450. The molecule has 0 aliphatic carbocycles. The Morgan fingerprint density at radius 2 is 2.00 bits per heavy atom. The molecular weight excluding hydrogens is 318 g/mol. The van der Waals surface area contributed by atoms with Gasteiger partial charge in [0, 0.05) is 23.6 Å². The fourth-order valence-electron chi connectivity index (χ4n) is 1.60. The Morgan fingerprint density at radius 3 is 2.39 bits per heavy atom. The molecule has 0 unspecified atom stereocenters. The fourth-order valence-corrected chi connectivity index (χ4v) is 4.21. The molecule has 1 rings (SSSR count). The van der Waals surface area contributed by atoms with Gasteiger partial charge in [-0.25, -0.2) is 18.1 Å². The molecule has 104 valence electrons. The zero-order valence-corrected chi connectivity index (χ0v) is 13.4. The van der Waals surface area contributed by atoms with Gasteiger partial charge in [0.15, 0.2) is 5.03 Å². The maximum atomic E-state index is 12.2. The number of rotatable bonds is 7. The highest BCUT2D eigenvalue weighted by molar-refractivity contribution is 9.09. The fraction of sp³-hybridized carbons (Fsp3) is 0.727. The van der Waals surface area contributed by atoms with Crippen molar-refractivity contribution >= 4 is 26.0 Å². The molecule has 1 aromatic heterocycles. The van der Waals surface area contributed by atoms with Crippen molar-refractivity contribution in [3.63, 3.8) is 0 Å². The second-order valence-corrected chi connectivity index (χ2v) is 6.46. The maximum absolute atomic E-state index is 12.2. The third-order valence-corrected chi connectivity index (χ3v) is 5.75. The number of aryl methyl sites for hydroxylation is 1. The zero-order chi connectivity index (χ0) is 13.8. The summed E-state index contributed by atoms with van der Waals surface area (Å²) in [5.74, 6) is 0. The third kappa shape index (κ3) is 3.33. The van der Waals surface area contributed by atoms with E-state index < -0.39 is 15.6 Å². The van der Waals surface area contributed by atoms with Gasteiger partial charge in [0.25, 0.3) is 10.0 Å². The van der Waals surface area contributed by atoms with Crippen molar-refractivity contribution in [1.29, 1.82) is 0 Å². The van der Waals surface area contributed by atoms with Crippen molar-refractivity contribution in [2.24, 2.45) is 0 Å². The molecule has 1 heterocycles. The summed E-state index contributed by atoms with van der Waals surface area (Å²) in [6.07, 6.45) is 4.53. The monoisotopic (exact) mass is 337 g/mol. The van der Waals surface area contributed by atoms with Crippen LogP contribution in [0.2, 0.25) is 0 Å². The molecule has 0 atom stereocenters. The van der Waals surface area contributed by atoms with Crippen molar-refractivity contribution < 1.29 is 8.42 Å². The molecule has 5 nitrogen and oxygen atoms in total. The average molecular weight is 338 g/mol. The van der Waals surface area contributed by atoms with Crippen LogP contribution in [0.5, 0.6) is 0 Å². The van der Waals surface area contributed by atoms with Gasteiger partial charge in [-0.2, -0.15) is 0 Å². The predicted molar refractivity (Wildman–Crippen MR) is 75.3 cm³/mol. The lowest BCUT2D eigenvalue weighted by Crippen LogP contribution is -2.49. The number of imidazole rings is 1. The van der Waals surface area contributed by atoms with E-state index in [4.69, 9.17) is 0 Å². The highest BCUT2D eigenvalue weighted by Crippen LogP contribution is 2.21.